The Kier molecular flexibility index (Phi) is 7.32. The number of para-hydroxylation sites is 1. The Balaban J connectivity index is 2.06. The summed E-state index contributed by atoms with van der Waals surface area (Å²) in [6.45, 7) is 2.47. The van der Waals surface area contributed by atoms with Gasteiger partial charge in [0.25, 0.3) is 0 Å². The van der Waals surface area contributed by atoms with Gasteiger partial charge in [-0.15, -0.1) is 0 Å². The first-order valence-electron chi connectivity index (χ1n) is 9.12. The van der Waals surface area contributed by atoms with Gasteiger partial charge in [-0.25, -0.2) is 4.79 Å². The molecule has 0 aliphatic rings. The van der Waals surface area contributed by atoms with E-state index in [0.29, 0.717) is 0 Å². The van der Waals surface area contributed by atoms with Crippen molar-refractivity contribution in [2.75, 3.05) is 0 Å². The molecule has 1 heterocycles. The number of aliphatic hydroxyl groups excluding tert-OH is 2. The van der Waals surface area contributed by atoms with E-state index < -0.39 is 48.1 Å². The van der Waals surface area contributed by atoms with Gasteiger partial charge < -0.3 is 36.7 Å². The number of aromatic nitrogens is 1. The van der Waals surface area contributed by atoms with Crippen molar-refractivity contribution in [2.24, 2.45) is 5.73 Å². The first kappa shape index (κ1) is 22.3. The first-order chi connectivity index (χ1) is 13.6. The Morgan fingerprint density at radius 3 is 2.21 bits per heavy atom. The lowest BCUT2D eigenvalue weighted by Gasteiger charge is -2.25. The Bertz CT molecular complexity index is 878. The van der Waals surface area contributed by atoms with E-state index in [1.54, 1.807) is 6.20 Å². The lowest BCUT2D eigenvalue weighted by molar-refractivity contribution is -0.145. The van der Waals surface area contributed by atoms with Crippen LogP contribution in [0.4, 0.5) is 0 Å². The van der Waals surface area contributed by atoms with Gasteiger partial charge in [0.2, 0.25) is 11.8 Å². The van der Waals surface area contributed by atoms with E-state index in [1.807, 2.05) is 24.3 Å². The molecule has 1 aromatic heterocycles. The van der Waals surface area contributed by atoms with Crippen LogP contribution >= 0.6 is 0 Å². The number of hydrogen-bond donors (Lipinski definition) is 7. The van der Waals surface area contributed by atoms with Crippen molar-refractivity contribution in [2.45, 2.75) is 50.6 Å². The molecule has 0 spiro atoms. The third-order valence-electron chi connectivity index (χ3n) is 4.56. The molecule has 0 saturated heterocycles. The van der Waals surface area contributed by atoms with Gasteiger partial charge in [-0.3, -0.25) is 9.59 Å². The predicted octanol–water partition coefficient (Wildman–Crippen LogP) is -1.15. The van der Waals surface area contributed by atoms with Gasteiger partial charge in [-0.05, 0) is 31.9 Å². The molecule has 0 aliphatic heterocycles. The van der Waals surface area contributed by atoms with Crippen LogP contribution in [0.1, 0.15) is 19.4 Å². The summed E-state index contributed by atoms with van der Waals surface area (Å²) >= 11 is 0. The maximum atomic E-state index is 12.5. The topological polar surface area (TPSA) is 178 Å². The van der Waals surface area contributed by atoms with Crippen molar-refractivity contribution in [1.82, 2.24) is 15.6 Å². The molecule has 2 aromatic rings. The van der Waals surface area contributed by atoms with Crippen LogP contribution in [-0.2, 0) is 20.8 Å². The van der Waals surface area contributed by atoms with Crippen LogP contribution in [-0.4, -0.2) is 68.4 Å². The zero-order chi connectivity index (χ0) is 21.7. The van der Waals surface area contributed by atoms with Gasteiger partial charge in [-0.2, -0.15) is 0 Å². The molecule has 10 nitrogen and oxygen atoms in total. The summed E-state index contributed by atoms with van der Waals surface area (Å²) in [7, 11) is 0. The quantitative estimate of drug-likeness (QED) is 0.275. The third kappa shape index (κ3) is 5.53. The molecule has 1 aromatic carbocycles. The SMILES string of the molecule is C[C@@H](O)[C@H](NC(=O)[C@@H](NC(=O)[C@@H](N)Cc1c[nH]c2ccccc12)[C@@H](C)O)C(=O)O. The predicted molar refractivity (Wildman–Crippen MR) is 105 cm³/mol. The lowest BCUT2D eigenvalue weighted by Crippen LogP contribution is -2.59. The van der Waals surface area contributed by atoms with E-state index in [2.05, 4.69) is 15.6 Å². The number of carboxylic acid groups (broad SMARTS) is 1. The van der Waals surface area contributed by atoms with Crippen LogP contribution in [0.15, 0.2) is 30.5 Å². The van der Waals surface area contributed by atoms with Crippen molar-refractivity contribution in [3.05, 3.63) is 36.0 Å². The smallest absolute Gasteiger partial charge is 0.328 e. The second kappa shape index (κ2) is 9.50. The van der Waals surface area contributed by atoms with Gasteiger partial charge in [0, 0.05) is 17.1 Å². The standard InChI is InChI=1S/C19H26N4O6/c1-9(24)15(18(27)23-16(10(2)25)19(28)29)22-17(26)13(20)7-11-8-21-14-6-4-3-5-12(11)14/h3-6,8-10,13,15-16,21,24-25H,7,20H2,1-2H3,(H,22,26)(H,23,27)(H,28,29)/t9-,10-,13+,15+,16+/m1/s1. The number of amides is 2. The number of nitrogens with two attached hydrogens (primary N) is 1. The van der Waals surface area contributed by atoms with Gasteiger partial charge >= 0.3 is 5.97 Å². The zero-order valence-electron chi connectivity index (χ0n) is 16.1. The molecule has 0 unspecified atom stereocenters. The van der Waals surface area contributed by atoms with Crippen LogP contribution in [0.2, 0.25) is 0 Å². The number of carboxylic acids is 1. The molecule has 29 heavy (non-hydrogen) atoms. The molecule has 0 fully saturated rings. The average molecular weight is 406 g/mol. The minimum absolute atomic E-state index is 0.190. The Labute approximate surface area is 167 Å². The number of benzene rings is 1. The van der Waals surface area contributed by atoms with Gasteiger partial charge in [0.15, 0.2) is 6.04 Å². The van der Waals surface area contributed by atoms with E-state index in [-0.39, 0.29) is 6.42 Å². The number of hydrogen-bond acceptors (Lipinski definition) is 6. The molecule has 0 saturated carbocycles. The number of nitrogens with one attached hydrogen (secondary N) is 3. The number of aromatic amines is 1. The maximum absolute atomic E-state index is 12.5. The number of H-pyrrole nitrogens is 1. The molecule has 0 radical (unpaired) electrons. The summed E-state index contributed by atoms with van der Waals surface area (Å²) in [5, 5.41) is 33.8. The molecule has 8 N–H and O–H groups in total. The number of fused-ring (bicyclic) bond motifs is 1. The van der Waals surface area contributed by atoms with E-state index in [0.717, 1.165) is 16.5 Å². The molecule has 0 bridgehead atoms. The van der Waals surface area contributed by atoms with E-state index in [4.69, 9.17) is 10.8 Å². The summed E-state index contributed by atoms with van der Waals surface area (Å²) in [6, 6.07) is 3.49. The molecular formula is C19H26N4O6. The van der Waals surface area contributed by atoms with Gasteiger partial charge in [-0.1, -0.05) is 18.2 Å². The van der Waals surface area contributed by atoms with Crippen LogP contribution in [0.3, 0.4) is 0 Å². The molecule has 2 amide bonds. The van der Waals surface area contributed by atoms with Crippen LogP contribution in [0, 0.1) is 0 Å². The second-order valence-electron chi connectivity index (χ2n) is 6.96. The largest absolute Gasteiger partial charge is 0.480 e. The first-order valence-corrected chi connectivity index (χ1v) is 9.12. The Hall–Kier alpha value is -2.95. The number of carbonyl (C=O) groups is 3. The number of rotatable bonds is 9. The fourth-order valence-corrected chi connectivity index (χ4v) is 2.93. The monoisotopic (exact) mass is 406 g/mol. The van der Waals surface area contributed by atoms with Crippen molar-refractivity contribution < 1.29 is 29.7 Å². The van der Waals surface area contributed by atoms with Gasteiger partial charge in [0.05, 0.1) is 18.2 Å². The van der Waals surface area contributed by atoms with Crippen LogP contribution in [0.5, 0.6) is 0 Å². The zero-order valence-corrected chi connectivity index (χ0v) is 16.1. The Morgan fingerprint density at radius 2 is 1.62 bits per heavy atom. The fraction of sp³-hybridized carbons (Fsp3) is 0.421. The summed E-state index contributed by atoms with van der Waals surface area (Å²) in [4.78, 5) is 39.0. The highest BCUT2D eigenvalue weighted by Crippen LogP contribution is 2.18. The second-order valence-corrected chi connectivity index (χ2v) is 6.96. The van der Waals surface area contributed by atoms with Crippen LogP contribution < -0.4 is 16.4 Å². The van der Waals surface area contributed by atoms with E-state index in [9.17, 15) is 24.6 Å². The normalized spacial score (nSPS) is 16.4. The summed E-state index contributed by atoms with van der Waals surface area (Å²) in [5.41, 5.74) is 7.69. The highest BCUT2D eigenvalue weighted by Gasteiger charge is 2.32. The summed E-state index contributed by atoms with van der Waals surface area (Å²) in [5.74, 6) is -3.07. The lowest BCUT2D eigenvalue weighted by atomic mass is 10.0. The molecule has 158 valence electrons. The number of carbonyl (C=O) groups excluding carboxylic acids is 2. The molecular weight excluding hydrogens is 380 g/mol. The fourth-order valence-electron chi connectivity index (χ4n) is 2.93. The number of aliphatic hydroxyl groups is 2. The number of aliphatic carboxylic acids is 1. The minimum Gasteiger partial charge on any atom is -0.480 e. The summed E-state index contributed by atoms with van der Waals surface area (Å²) < 4.78 is 0. The van der Waals surface area contributed by atoms with Crippen LogP contribution in [0.25, 0.3) is 10.9 Å². The third-order valence-corrected chi connectivity index (χ3v) is 4.56. The molecule has 0 aliphatic carbocycles. The van der Waals surface area contributed by atoms with Crippen molar-refractivity contribution in [3.63, 3.8) is 0 Å². The Morgan fingerprint density at radius 1 is 1.03 bits per heavy atom. The molecule has 10 heteroatoms. The van der Waals surface area contributed by atoms with E-state index >= 15 is 0 Å². The van der Waals surface area contributed by atoms with E-state index in [1.165, 1.54) is 13.8 Å². The maximum Gasteiger partial charge on any atom is 0.328 e. The average Bonchev–Trinajstić information content (AvgIpc) is 3.05. The highest BCUT2D eigenvalue weighted by atomic mass is 16.4. The van der Waals surface area contributed by atoms with Crippen molar-refractivity contribution >= 4 is 28.7 Å². The van der Waals surface area contributed by atoms with Gasteiger partial charge in [0.1, 0.15) is 6.04 Å². The minimum atomic E-state index is -1.58. The summed E-state index contributed by atoms with van der Waals surface area (Å²) in [6.07, 6.45) is -0.750. The molecule has 5 atom stereocenters. The van der Waals surface area contributed by atoms with Crippen molar-refractivity contribution in [3.8, 4) is 0 Å². The highest BCUT2D eigenvalue weighted by molar-refractivity contribution is 5.92. The van der Waals surface area contributed by atoms with Crippen molar-refractivity contribution in [1.29, 1.82) is 0 Å². The molecule has 2 rings (SSSR count).